The van der Waals surface area contributed by atoms with E-state index in [-0.39, 0.29) is 18.1 Å². The van der Waals surface area contributed by atoms with Gasteiger partial charge >= 0.3 is 12.0 Å². The Bertz CT molecular complexity index is 943. The fraction of sp³-hybridized carbons (Fsp3) is 0.250. The second-order valence-corrected chi connectivity index (χ2v) is 6.46. The molecule has 138 valence electrons. The molecule has 1 aliphatic rings. The number of carbonyl (C=O) groups is 1. The maximum Gasteiger partial charge on any atom is 0.317 e. The first-order valence-corrected chi connectivity index (χ1v) is 8.82. The molecule has 2 amide bonds. The van der Waals surface area contributed by atoms with E-state index in [0.717, 1.165) is 28.7 Å². The van der Waals surface area contributed by atoms with Crippen LogP contribution in [0.3, 0.4) is 0 Å². The van der Waals surface area contributed by atoms with Gasteiger partial charge < -0.3 is 15.0 Å². The molecule has 0 radical (unpaired) electrons. The van der Waals surface area contributed by atoms with Gasteiger partial charge in [0, 0.05) is 19.5 Å². The fourth-order valence-corrected chi connectivity index (χ4v) is 3.25. The number of nitrogens with zero attached hydrogens (tertiary/aromatic N) is 3. The van der Waals surface area contributed by atoms with Gasteiger partial charge in [-0.2, -0.15) is 0 Å². The zero-order chi connectivity index (χ0) is 18.6. The van der Waals surface area contributed by atoms with Crippen LogP contribution in [0, 0.1) is 5.82 Å². The SMILES string of the molecule is O=C(NCc1cccc2ccccc12)N1CC[C@@H](Oc2ncc(F)cn2)C1. The molecule has 27 heavy (non-hydrogen) atoms. The van der Waals surface area contributed by atoms with E-state index in [1.807, 2.05) is 24.3 Å². The molecule has 0 aliphatic carbocycles. The summed E-state index contributed by atoms with van der Waals surface area (Å²) in [5.41, 5.74) is 1.08. The van der Waals surface area contributed by atoms with Crippen molar-refractivity contribution in [1.82, 2.24) is 20.2 Å². The summed E-state index contributed by atoms with van der Waals surface area (Å²) in [6.45, 7) is 1.50. The van der Waals surface area contributed by atoms with Crippen LogP contribution in [-0.4, -0.2) is 40.1 Å². The maximum atomic E-state index is 12.8. The summed E-state index contributed by atoms with van der Waals surface area (Å²) in [6.07, 6.45) is 2.61. The van der Waals surface area contributed by atoms with Crippen molar-refractivity contribution in [3.63, 3.8) is 0 Å². The van der Waals surface area contributed by atoms with Gasteiger partial charge in [0.05, 0.1) is 18.9 Å². The molecule has 4 rings (SSSR count). The Balaban J connectivity index is 1.33. The van der Waals surface area contributed by atoms with Gasteiger partial charge in [-0.1, -0.05) is 42.5 Å². The van der Waals surface area contributed by atoms with E-state index in [1.54, 1.807) is 4.90 Å². The normalized spacial score (nSPS) is 16.5. The summed E-state index contributed by atoms with van der Waals surface area (Å²) in [6, 6.07) is 14.2. The quantitative estimate of drug-likeness (QED) is 0.770. The third-order valence-corrected chi connectivity index (χ3v) is 4.61. The van der Waals surface area contributed by atoms with E-state index in [0.29, 0.717) is 26.1 Å². The highest BCUT2D eigenvalue weighted by Gasteiger charge is 2.28. The van der Waals surface area contributed by atoms with Gasteiger partial charge in [-0.15, -0.1) is 0 Å². The second-order valence-electron chi connectivity index (χ2n) is 6.46. The Labute approximate surface area is 156 Å². The van der Waals surface area contributed by atoms with Gasteiger partial charge in [0.25, 0.3) is 0 Å². The minimum atomic E-state index is -0.511. The van der Waals surface area contributed by atoms with Crippen LogP contribution >= 0.6 is 0 Å². The van der Waals surface area contributed by atoms with Crippen LogP contribution in [0.15, 0.2) is 54.9 Å². The number of urea groups is 1. The summed E-state index contributed by atoms with van der Waals surface area (Å²) in [5, 5.41) is 5.26. The fourth-order valence-electron chi connectivity index (χ4n) is 3.25. The molecule has 1 saturated heterocycles. The molecule has 1 aliphatic heterocycles. The summed E-state index contributed by atoms with van der Waals surface area (Å²) >= 11 is 0. The highest BCUT2D eigenvalue weighted by molar-refractivity contribution is 5.86. The van der Waals surface area contributed by atoms with Crippen molar-refractivity contribution in [2.24, 2.45) is 0 Å². The number of carbonyl (C=O) groups excluding carboxylic acids is 1. The van der Waals surface area contributed by atoms with E-state index < -0.39 is 5.82 Å². The van der Waals surface area contributed by atoms with Crippen molar-refractivity contribution in [3.05, 3.63) is 66.2 Å². The number of aromatic nitrogens is 2. The number of amides is 2. The summed E-state index contributed by atoms with van der Waals surface area (Å²) in [4.78, 5) is 21.8. The molecule has 0 bridgehead atoms. The predicted octanol–water partition coefficient (Wildman–Crippen LogP) is 3.13. The van der Waals surface area contributed by atoms with Crippen LogP contribution in [0.5, 0.6) is 6.01 Å². The van der Waals surface area contributed by atoms with Crippen molar-refractivity contribution in [1.29, 1.82) is 0 Å². The first-order chi connectivity index (χ1) is 13.2. The van der Waals surface area contributed by atoms with Gasteiger partial charge in [-0.25, -0.2) is 19.2 Å². The average Bonchev–Trinajstić information content (AvgIpc) is 3.16. The minimum absolute atomic E-state index is 0.124. The third kappa shape index (κ3) is 3.97. The van der Waals surface area contributed by atoms with Gasteiger partial charge in [0.1, 0.15) is 6.10 Å². The van der Waals surface area contributed by atoms with Gasteiger partial charge in [-0.3, -0.25) is 0 Å². The molecule has 0 saturated carbocycles. The maximum absolute atomic E-state index is 12.8. The lowest BCUT2D eigenvalue weighted by Crippen LogP contribution is -2.39. The number of benzene rings is 2. The Morgan fingerprint density at radius 3 is 2.81 bits per heavy atom. The number of likely N-dealkylation sites (tertiary alicyclic amines) is 1. The van der Waals surface area contributed by atoms with Crippen LogP contribution in [0.25, 0.3) is 10.8 Å². The predicted molar refractivity (Wildman–Crippen MR) is 98.8 cm³/mol. The van der Waals surface area contributed by atoms with Crippen molar-refractivity contribution in [2.75, 3.05) is 13.1 Å². The lowest BCUT2D eigenvalue weighted by molar-refractivity contribution is 0.177. The van der Waals surface area contributed by atoms with Crippen molar-refractivity contribution in [3.8, 4) is 6.01 Å². The molecule has 2 aromatic carbocycles. The molecule has 6 nitrogen and oxygen atoms in total. The molecular formula is C20H19FN4O2. The molecular weight excluding hydrogens is 347 g/mol. The van der Waals surface area contributed by atoms with Crippen LogP contribution < -0.4 is 10.1 Å². The molecule has 1 fully saturated rings. The number of fused-ring (bicyclic) bond motifs is 1. The molecule has 0 spiro atoms. The van der Waals surface area contributed by atoms with Gasteiger partial charge in [0.15, 0.2) is 5.82 Å². The van der Waals surface area contributed by atoms with Gasteiger partial charge in [0.2, 0.25) is 0 Å². The van der Waals surface area contributed by atoms with Crippen molar-refractivity contribution in [2.45, 2.75) is 19.1 Å². The second kappa shape index (κ2) is 7.57. The molecule has 7 heteroatoms. The first kappa shape index (κ1) is 17.2. The molecule has 0 unspecified atom stereocenters. The van der Waals surface area contributed by atoms with E-state index in [4.69, 9.17) is 4.74 Å². The smallest absolute Gasteiger partial charge is 0.317 e. The van der Waals surface area contributed by atoms with Gasteiger partial charge in [-0.05, 0) is 16.3 Å². The molecule has 2 heterocycles. The van der Waals surface area contributed by atoms with E-state index in [2.05, 4.69) is 33.5 Å². The number of nitrogens with one attached hydrogen (secondary N) is 1. The van der Waals surface area contributed by atoms with Crippen LogP contribution in [0.2, 0.25) is 0 Å². The minimum Gasteiger partial charge on any atom is -0.458 e. The Morgan fingerprint density at radius 1 is 1.19 bits per heavy atom. The van der Waals surface area contributed by atoms with Crippen LogP contribution in [-0.2, 0) is 6.54 Å². The lowest BCUT2D eigenvalue weighted by Gasteiger charge is -2.18. The average molecular weight is 366 g/mol. The van der Waals surface area contributed by atoms with Crippen LogP contribution in [0.1, 0.15) is 12.0 Å². The number of hydrogen-bond donors (Lipinski definition) is 1. The number of hydrogen-bond acceptors (Lipinski definition) is 4. The van der Waals surface area contributed by atoms with Crippen molar-refractivity contribution < 1.29 is 13.9 Å². The summed E-state index contributed by atoms with van der Waals surface area (Å²) < 4.78 is 18.5. The molecule has 1 atom stereocenters. The topological polar surface area (TPSA) is 67.4 Å². The summed E-state index contributed by atoms with van der Waals surface area (Å²) in [7, 11) is 0. The zero-order valence-electron chi connectivity index (χ0n) is 14.6. The largest absolute Gasteiger partial charge is 0.458 e. The number of ether oxygens (including phenoxy) is 1. The number of halogens is 1. The number of rotatable bonds is 4. The Morgan fingerprint density at radius 2 is 1.96 bits per heavy atom. The van der Waals surface area contributed by atoms with E-state index in [1.165, 1.54) is 0 Å². The highest BCUT2D eigenvalue weighted by Crippen LogP contribution is 2.19. The summed E-state index contributed by atoms with van der Waals surface area (Å²) in [5.74, 6) is -0.511. The molecule has 3 aromatic rings. The van der Waals surface area contributed by atoms with Crippen molar-refractivity contribution >= 4 is 16.8 Å². The highest BCUT2D eigenvalue weighted by atomic mass is 19.1. The monoisotopic (exact) mass is 366 g/mol. The zero-order valence-corrected chi connectivity index (χ0v) is 14.6. The van der Waals surface area contributed by atoms with Crippen LogP contribution in [0.4, 0.5) is 9.18 Å². The molecule has 1 N–H and O–H groups in total. The third-order valence-electron chi connectivity index (χ3n) is 4.61. The standard InChI is InChI=1S/C20H19FN4O2/c21-16-11-22-19(23-12-16)27-17-8-9-25(13-17)20(26)24-10-15-6-3-5-14-4-1-2-7-18(14)15/h1-7,11-12,17H,8-10,13H2,(H,24,26)/t17-/m1/s1. The molecule has 1 aromatic heterocycles. The van der Waals surface area contributed by atoms with E-state index >= 15 is 0 Å². The van der Waals surface area contributed by atoms with E-state index in [9.17, 15) is 9.18 Å². The first-order valence-electron chi connectivity index (χ1n) is 8.82. The Kier molecular flexibility index (Phi) is 4.82. The lowest BCUT2D eigenvalue weighted by atomic mass is 10.0. The Hall–Kier alpha value is -3.22.